The molecule has 0 radical (unpaired) electrons. The molecule has 2 rings (SSSR count). The Bertz CT molecular complexity index is 612. The van der Waals surface area contributed by atoms with Crippen LogP contribution in [0.15, 0.2) is 60.2 Å². The lowest BCUT2D eigenvalue weighted by molar-refractivity contribution is 0.0600. The van der Waals surface area contributed by atoms with Crippen LogP contribution in [0.1, 0.15) is 28.4 Å². The van der Waals surface area contributed by atoms with Crippen molar-refractivity contribution in [1.82, 2.24) is 0 Å². The summed E-state index contributed by atoms with van der Waals surface area (Å²) in [6, 6.07) is 17.8. The van der Waals surface area contributed by atoms with Crippen molar-refractivity contribution in [3.63, 3.8) is 0 Å². The Morgan fingerprint density at radius 1 is 1.05 bits per heavy atom. The highest BCUT2D eigenvalue weighted by atomic mass is 16.5. The summed E-state index contributed by atoms with van der Waals surface area (Å²) < 4.78 is 4.81. The Balaban J connectivity index is 2.24. The van der Waals surface area contributed by atoms with E-state index in [1.165, 1.54) is 18.2 Å². The Morgan fingerprint density at radius 3 is 2.40 bits per heavy atom. The minimum Gasteiger partial charge on any atom is -0.465 e. The lowest BCUT2D eigenvalue weighted by atomic mass is 10.0. The number of ether oxygens (including phenoxy) is 1. The largest absolute Gasteiger partial charge is 0.465 e. The molecule has 0 bridgehead atoms. The van der Waals surface area contributed by atoms with E-state index in [4.69, 9.17) is 4.74 Å². The van der Waals surface area contributed by atoms with Crippen LogP contribution < -0.4 is 0 Å². The molecule has 0 N–H and O–H groups in total. The third-order valence-corrected chi connectivity index (χ3v) is 3.09. The second-order valence-electron chi connectivity index (χ2n) is 4.73. The van der Waals surface area contributed by atoms with Gasteiger partial charge in [-0.05, 0) is 30.5 Å². The van der Waals surface area contributed by atoms with Crippen molar-refractivity contribution >= 4 is 12.0 Å². The summed E-state index contributed by atoms with van der Waals surface area (Å²) in [5, 5.41) is 0. The van der Waals surface area contributed by atoms with E-state index in [-0.39, 0.29) is 5.97 Å². The predicted octanol–water partition coefficient (Wildman–Crippen LogP) is 4.12. The molecule has 0 aliphatic carbocycles. The number of carbonyl (C=O) groups excluding carboxylic acids is 1. The first-order chi connectivity index (χ1) is 9.70. The summed E-state index contributed by atoms with van der Waals surface area (Å²) in [5.41, 5.74) is 3.96. The van der Waals surface area contributed by atoms with Gasteiger partial charge in [-0.1, -0.05) is 60.2 Å². The van der Waals surface area contributed by atoms with Crippen LogP contribution in [-0.4, -0.2) is 13.1 Å². The van der Waals surface area contributed by atoms with Crippen molar-refractivity contribution in [2.45, 2.75) is 13.3 Å². The van der Waals surface area contributed by atoms with E-state index in [0.29, 0.717) is 5.56 Å². The van der Waals surface area contributed by atoms with Gasteiger partial charge in [-0.25, -0.2) is 4.79 Å². The van der Waals surface area contributed by atoms with Gasteiger partial charge < -0.3 is 4.74 Å². The van der Waals surface area contributed by atoms with Crippen molar-refractivity contribution in [3.05, 3.63) is 76.9 Å². The van der Waals surface area contributed by atoms with Gasteiger partial charge in [0.15, 0.2) is 0 Å². The van der Waals surface area contributed by atoms with E-state index in [2.05, 4.69) is 19.1 Å². The minimum atomic E-state index is -0.302. The van der Waals surface area contributed by atoms with E-state index >= 15 is 0 Å². The lowest BCUT2D eigenvalue weighted by Crippen LogP contribution is -2.03. The summed E-state index contributed by atoms with van der Waals surface area (Å²) >= 11 is 0. The second kappa shape index (κ2) is 6.71. The van der Waals surface area contributed by atoms with E-state index in [0.717, 1.165) is 12.0 Å². The van der Waals surface area contributed by atoms with Crippen LogP contribution in [0.25, 0.3) is 6.08 Å². The van der Waals surface area contributed by atoms with Gasteiger partial charge in [0, 0.05) is 0 Å². The number of allylic oxidation sites excluding steroid dienone is 1. The van der Waals surface area contributed by atoms with Crippen LogP contribution in [0.3, 0.4) is 0 Å². The molecular formula is C18H18O2. The van der Waals surface area contributed by atoms with Gasteiger partial charge in [-0.15, -0.1) is 0 Å². The standard InChI is InChI=1S/C18H18O2/c1-14(12-15-8-4-3-5-9-15)13-16-10-6-7-11-17(16)18(19)20-2/h3-11,13H,12H2,1-2H3/b14-13+. The van der Waals surface area contributed by atoms with Gasteiger partial charge in [-0.3, -0.25) is 0 Å². The van der Waals surface area contributed by atoms with Crippen molar-refractivity contribution in [2.24, 2.45) is 0 Å². The molecule has 0 unspecified atom stereocenters. The highest BCUT2D eigenvalue weighted by Crippen LogP contribution is 2.16. The van der Waals surface area contributed by atoms with Gasteiger partial charge in [0.25, 0.3) is 0 Å². The molecule has 2 heteroatoms. The molecule has 0 heterocycles. The average molecular weight is 266 g/mol. The summed E-state index contributed by atoms with van der Waals surface area (Å²) in [4.78, 5) is 11.7. The van der Waals surface area contributed by atoms with Crippen LogP contribution in [0, 0.1) is 0 Å². The second-order valence-corrected chi connectivity index (χ2v) is 4.73. The molecule has 0 aromatic heterocycles. The van der Waals surface area contributed by atoms with Crippen molar-refractivity contribution in [2.75, 3.05) is 7.11 Å². The van der Waals surface area contributed by atoms with Gasteiger partial charge in [0.2, 0.25) is 0 Å². The van der Waals surface area contributed by atoms with Gasteiger partial charge >= 0.3 is 5.97 Å². The first-order valence-electron chi connectivity index (χ1n) is 6.59. The normalized spacial score (nSPS) is 11.2. The lowest BCUT2D eigenvalue weighted by Gasteiger charge is -2.06. The van der Waals surface area contributed by atoms with E-state index in [9.17, 15) is 4.79 Å². The molecule has 2 aromatic carbocycles. The summed E-state index contributed by atoms with van der Waals surface area (Å²) in [5.74, 6) is -0.302. The van der Waals surface area contributed by atoms with E-state index in [1.54, 1.807) is 6.07 Å². The maximum Gasteiger partial charge on any atom is 0.338 e. The number of hydrogen-bond donors (Lipinski definition) is 0. The van der Waals surface area contributed by atoms with Crippen LogP contribution in [-0.2, 0) is 11.2 Å². The Morgan fingerprint density at radius 2 is 1.70 bits per heavy atom. The number of methoxy groups -OCH3 is 1. The fourth-order valence-corrected chi connectivity index (χ4v) is 2.15. The summed E-state index contributed by atoms with van der Waals surface area (Å²) in [6.45, 7) is 2.07. The van der Waals surface area contributed by atoms with Crippen molar-refractivity contribution < 1.29 is 9.53 Å². The first kappa shape index (κ1) is 14.1. The fraction of sp³-hybridized carbons (Fsp3) is 0.167. The van der Waals surface area contributed by atoms with Gasteiger partial charge in [0.05, 0.1) is 12.7 Å². The zero-order valence-corrected chi connectivity index (χ0v) is 11.8. The van der Waals surface area contributed by atoms with Gasteiger partial charge in [0.1, 0.15) is 0 Å². The molecular weight excluding hydrogens is 248 g/mol. The zero-order valence-electron chi connectivity index (χ0n) is 11.8. The minimum absolute atomic E-state index is 0.302. The Hall–Kier alpha value is -2.35. The quantitative estimate of drug-likeness (QED) is 0.778. The summed E-state index contributed by atoms with van der Waals surface area (Å²) in [6.07, 6.45) is 2.91. The van der Waals surface area contributed by atoms with E-state index < -0.39 is 0 Å². The third kappa shape index (κ3) is 3.58. The maximum atomic E-state index is 11.7. The molecule has 20 heavy (non-hydrogen) atoms. The topological polar surface area (TPSA) is 26.3 Å². The maximum absolute atomic E-state index is 11.7. The molecule has 102 valence electrons. The highest BCUT2D eigenvalue weighted by molar-refractivity contribution is 5.93. The van der Waals surface area contributed by atoms with Gasteiger partial charge in [-0.2, -0.15) is 0 Å². The number of hydrogen-bond acceptors (Lipinski definition) is 2. The highest BCUT2D eigenvalue weighted by Gasteiger charge is 2.09. The number of carbonyl (C=O) groups is 1. The average Bonchev–Trinajstić information content (AvgIpc) is 2.48. The first-order valence-corrected chi connectivity index (χ1v) is 6.59. The molecule has 2 nitrogen and oxygen atoms in total. The SMILES string of the molecule is COC(=O)c1ccccc1/C=C(\C)Cc1ccccc1. The van der Waals surface area contributed by atoms with E-state index in [1.807, 2.05) is 42.5 Å². The molecule has 0 aliphatic heterocycles. The van der Waals surface area contributed by atoms with Crippen LogP contribution in [0.5, 0.6) is 0 Å². The zero-order chi connectivity index (χ0) is 14.4. The smallest absolute Gasteiger partial charge is 0.338 e. The molecule has 0 atom stereocenters. The number of esters is 1. The molecule has 0 aliphatic rings. The van der Waals surface area contributed by atoms with Crippen LogP contribution >= 0.6 is 0 Å². The number of rotatable bonds is 4. The van der Waals surface area contributed by atoms with Crippen LogP contribution in [0.4, 0.5) is 0 Å². The molecule has 0 spiro atoms. The fourth-order valence-electron chi connectivity index (χ4n) is 2.15. The number of benzene rings is 2. The monoisotopic (exact) mass is 266 g/mol. The predicted molar refractivity (Wildman–Crippen MR) is 81.6 cm³/mol. The van der Waals surface area contributed by atoms with Crippen molar-refractivity contribution in [3.8, 4) is 0 Å². The third-order valence-electron chi connectivity index (χ3n) is 3.09. The molecule has 0 amide bonds. The van der Waals surface area contributed by atoms with Crippen LogP contribution in [0.2, 0.25) is 0 Å². The van der Waals surface area contributed by atoms with Crippen molar-refractivity contribution in [1.29, 1.82) is 0 Å². The molecule has 2 aromatic rings. The molecule has 0 saturated heterocycles. The Kier molecular flexibility index (Phi) is 4.72. The Labute approximate surface area is 119 Å². The summed E-state index contributed by atoms with van der Waals surface area (Å²) in [7, 11) is 1.40. The molecule has 0 fully saturated rings. The molecule has 0 saturated carbocycles.